The Bertz CT molecular complexity index is 711. The van der Waals surface area contributed by atoms with Gasteiger partial charge in [-0.05, 0) is 32.9 Å². The van der Waals surface area contributed by atoms with Crippen LogP contribution in [0.15, 0.2) is 18.2 Å². The normalized spacial score (nSPS) is 14.7. The van der Waals surface area contributed by atoms with Crippen LogP contribution < -0.4 is 5.32 Å². The minimum atomic E-state index is -1.54. The molecule has 0 spiro atoms. The summed E-state index contributed by atoms with van der Waals surface area (Å²) in [4.78, 5) is 39.9. The van der Waals surface area contributed by atoms with Gasteiger partial charge in [0.05, 0.1) is 6.61 Å². The lowest BCUT2D eigenvalue weighted by Crippen LogP contribution is -2.55. The Labute approximate surface area is 156 Å². The van der Waals surface area contributed by atoms with Crippen LogP contribution in [0.3, 0.4) is 0 Å². The lowest BCUT2D eigenvalue weighted by atomic mass is 9.89. The van der Waals surface area contributed by atoms with Crippen LogP contribution in [0, 0.1) is 17.0 Å². The average molecular weight is 383 g/mol. The fourth-order valence-corrected chi connectivity index (χ4v) is 2.69. The smallest absolute Gasteiger partial charge is 0.409 e. The van der Waals surface area contributed by atoms with Gasteiger partial charge in [0.15, 0.2) is 0 Å². The van der Waals surface area contributed by atoms with Gasteiger partial charge in [-0.3, -0.25) is 9.59 Å². The van der Waals surface area contributed by atoms with E-state index in [2.05, 4.69) is 5.32 Å². The first-order valence-electron chi connectivity index (χ1n) is 8.65. The maximum absolute atomic E-state index is 13.7. The zero-order valence-corrected chi connectivity index (χ0v) is 15.6. The summed E-state index contributed by atoms with van der Waals surface area (Å²) in [5, 5.41) is 2.16. The molecule has 2 rings (SSSR count). The quantitative estimate of drug-likeness (QED) is 0.809. The van der Waals surface area contributed by atoms with Gasteiger partial charge in [0.2, 0.25) is 11.8 Å². The van der Waals surface area contributed by atoms with Gasteiger partial charge in [-0.25, -0.2) is 13.6 Å². The first kappa shape index (κ1) is 20.6. The van der Waals surface area contributed by atoms with E-state index in [4.69, 9.17) is 4.74 Å². The van der Waals surface area contributed by atoms with Crippen LogP contribution in [0.1, 0.15) is 20.8 Å². The van der Waals surface area contributed by atoms with E-state index < -0.39 is 40.6 Å². The molecule has 0 aromatic heterocycles. The van der Waals surface area contributed by atoms with Gasteiger partial charge in [0.1, 0.15) is 22.7 Å². The lowest BCUT2D eigenvalue weighted by molar-refractivity contribution is -0.147. The molecule has 1 aromatic rings. The Morgan fingerprint density at radius 3 is 2.11 bits per heavy atom. The van der Waals surface area contributed by atoms with Gasteiger partial charge in [-0.2, -0.15) is 0 Å². The van der Waals surface area contributed by atoms with Gasteiger partial charge in [0.25, 0.3) is 0 Å². The monoisotopic (exact) mass is 383 g/mol. The molecule has 0 saturated carbocycles. The number of nitrogens with one attached hydrogen (secondary N) is 1. The maximum Gasteiger partial charge on any atom is 0.409 e. The van der Waals surface area contributed by atoms with Crippen molar-refractivity contribution in [3.63, 3.8) is 0 Å². The maximum atomic E-state index is 13.7. The van der Waals surface area contributed by atoms with E-state index in [0.717, 1.165) is 12.1 Å². The van der Waals surface area contributed by atoms with Crippen LogP contribution in [0.25, 0.3) is 0 Å². The van der Waals surface area contributed by atoms with Crippen molar-refractivity contribution in [2.24, 2.45) is 5.41 Å². The Hall–Kier alpha value is -2.71. The second kappa shape index (κ2) is 8.32. The molecule has 1 aliphatic heterocycles. The summed E-state index contributed by atoms with van der Waals surface area (Å²) in [5.41, 5.74) is -2.13. The molecule has 1 N–H and O–H groups in total. The van der Waals surface area contributed by atoms with Gasteiger partial charge in [-0.1, -0.05) is 6.07 Å². The Morgan fingerprint density at radius 2 is 1.59 bits per heavy atom. The van der Waals surface area contributed by atoms with Crippen LogP contribution in [0.5, 0.6) is 0 Å². The van der Waals surface area contributed by atoms with Gasteiger partial charge in [0, 0.05) is 26.2 Å². The largest absolute Gasteiger partial charge is 0.450 e. The summed E-state index contributed by atoms with van der Waals surface area (Å²) in [6, 6.07) is 3.21. The van der Waals surface area contributed by atoms with Gasteiger partial charge < -0.3 is 19.9 Å². The molecule has 0 bridgehead atoms. The van der Waals surface area contributed by atoms with E-state index >= 15 is 0 Å². The van der Waals surface area contributed by atoms with E-state index in [1.54, 1.807) is 6.92 Å². The van der Waals surface area contributed by atoms with Crippen LogP contribution in [-0.2, 0) is 14.3 Å². The van der Waals surface area contributed by atoms with Crippen molar-refractivity contribution >= 4 is 23.6 Å². The first-order chi connectivity index (χ1) is 12.7. The Balaban J connectivity index is 2.02. The molecule has 0 radical (unpaired) electrons. The second-order valence-electron chi connectivity index (χ2n) is 6.65. The summed E-state index contributed by atoms with van der Waals surface area (Å²) < 4.78 is 32.4. The summed E-state index contributed by atoms with van der Waals surface area (Å²) in [6.45, 7) is 5.79. The average Bonchev–Trinajstić information content (AvgIpc) is 2.64. The topological polar surface area (TPSA) is 79.0 Å². The number of ether oxygens (including phenoxy) is 1. The number of piperazine rings is 1. The summed E-state index contributed by atoms with van der Waals surface area (Å²) in [6.07, 6.45) is -0.448. The molecule has 9 heteroatoms. The lowest BCUT2D eigenvalue weighted by Gasteiger charge is -2.37. The first-order valence-corrected chi connectivity index (χ1v) is 8.65. The number of anilines is 1. The van der Waals surface area contributed by atoms with E-state index in [1.165, 1.54) is 29.7 Å². The van der Waals surface area contributed by atoms with E-state index in [0.29, 0.717) is 0 Å². The summed E-state index contributed by atoms with van der Waals surface area (Å²) in [5.74, 6) is -3.14. The molecular weight excluding hydrogens is 360 g/mol. The predicted molar refractivity (Wildman–Crippen MR) is 93.9 cm³/mol. The zero-order valence-electron chi connectivity index (χ0n) is 15.6. The third-order valence-corrected chi connectivity index (χ3v) is 4.40. The number of halogens is 2. The van der Waals surface area contributed by atoms with Crippen LogP contribution in [0.4, 0.5) is 19.3 Å². The highest BCUT2D eigenvalue weighted by Crippen LogP contribution is 2.25. The minimum Gasteiger partial charge on any atom is -0.450 e. The molecule has 1 fully saturated rings. The van der Waals surface area contributed by atoms with E-state index in [1.807, 2.05) is 0 Å². The molecule has 148 valence electrons. The standard InChI is InChI=1S/C18H23F2N3O4/c1-4-27-17(26)23-10-8-22(9-11-23)16(25)18(2,3)15(24)21-14-12(19)6-5-7-13(14)20/h5-7H,4,8-11H2,1-3H3,(H,21,24). The Morgan fingerprint density at radius 1 is 1.07 bits per heavy atom. The second-order valence-corrected chi connectivity index (χ2v) is 6.65. The highest BCUT2D eigenvalue weighted by Gasteiger charge is 2.41. The molecule has 1 saturated heterocycles. The van der Waals surface area contributed by atoms with E-state index in [9.17, 15) is 23.2 Å². The SMILES string of the molecule is CCOC(=O)N1CCN(C(=O)C(C)(C)C(=O)Nc2c(F)cccc2F)CC1. The molecule has 0 atom stereocenters. The summed E-state index contributed by atoms with van der Waals surface area (Å²) >= 11 is 0. The van der Waals surface area contributed by atoms with Crippen molar-refractivity contribution < 1.29 is 27.9 Å². The van der Waals surface area contributed by atoms with Crippen molar-refractivity contribution in [3.8, 4) is 0 Å². The van der Waals surface area contributed by atoms with Crippen LogP contribution in [0.2, 0.25) is 0 Å². The molecule has 1 heterocycles. The number of hydrogen-bond acceptors (Lipinski definition) is 4. The number of carbonyl (C=O) groups is 3. The predicted octanol–water partition coefficient (Wildman–Crippen LogP) is 2.23. The summed E-state index contributed by atoms with van der Waals surface area (Å²) in [7, 11) is 0. The van der Waals surface area contributed by atoms with Gasteiger partial charge >= 0.3 is 6.09 Å². The fourth-order valence-electron chi connectivity index (χ4n) is 2.69. The molecule has 1 aromatic carbocycles. The fraction of sp³-hybridized carbons (Fsp3) is 0.500. The number of para-hydroxylation sites is 1. The van der Waals surface area contributed by atoms with Crippen molar-refractivity contribution in [1.29, 1.82) is 0 Å². The van der Waals surface area contributed by atoms with E-state index in [-0.39, 0.29) is 32.8 Å². The minimum absolute atomic E-state index is 0.239. The van der Waals surface area contributed by atoms with Gasteiger partial charge in [-0.15, -0.1) is 0 Å². The van der Waals surface area contributed by atoms with Crippen molar-refractivity contribution in [2.75, 3.05) is 38.1 Å². The molecule has 7 nitrogen and oxygen atoms in total. The third-order valence-electron chi connectivity index (χ3n) is 4.40. The highest BCUT2D eigenvalue weighted by atomic mass is 19.1. The van der Waals surface area contributed by atoms with Crippen molar-refractivity contribution in [1.82, 2.24) is 9.80 Å². The Kier molecular flexibility index (Phi) is 6.35. The number of rotatable bonds is 4. The zero-order chi connectivity index (χ0) is 20.2. The molecule has 0 unspecified atom stereocenters. The van der Waals surface area contributed by atoms with Crippen LogP contribution >= 0.6 is 0 Å². The van der Waals surface area contributed by atoms with Crippen molar-refractivity contribution in [3.05, 3.63) is 29.8 Å². The molecule has 0 aliphatic carbocycles. The number of nitrogens with zero attached hydrogens (tertiary/aromatic N) is 2. The number of benzene rings is 1. The number of carbonyl (C=O) groups excluding carboxylic acids is 3. The highest BCUT2D eigenvalue weighted by molar-refractivity contribution is 6.10. The molecule has 27 heavy (non-hydrogen) atoms. The number of hydrogen-bond donors (Lipinski definition) is 1. The third kappa shape index (κ3) is 4.53. The molecule has 3 amide bonds. The molecular formula is C18H23F2N3O4. The molecule has 1 aliphatic rings. The van der Waals surface area contributed by atoms with Crippen LogP contribution in [-0.4, -0.2) is 60.5 Å². The number of amides is 3. The van der Waals surface area contributed by atoms with Crippen molar-refractivity contribution in [2.45, 2.75) is 20.8 Å².